The number of carbonyl (C=O) groups is 1. The second-order valence-corrected chi connectivity index (χ2v) is 9.23. The molecule has 2 saturated heterocycles. The van der Waals surface area contributed by atoms with E-state index in [1.165, 1.54) is 44.5 Å². The number of piperidine rings is 1. The lowest BCUT2D eigenvalue weighted by molar-refractivity contribution is -0.135. The summed E-state index contributed by atoms with van der Waals surface area (Å²) in [5, 5.41) is 4.66. The smallest absolute Gasteiger partial charge is 0.239 e. The minimum atomic E-state index is -0.0433. The van der Waals surface area contributed by atoms with Crippen molar-refractivity contribution in [3.05, 3.63) is 34.9 Å². The second-order valence-electron chi connectivity index (χ2n) is 8.80. The molecule has 0 bridgehead atoms. The quantitative estimate of drug-likeness (QED) is 0.644. The van der Waals surface area contributed by atoms with Gasteiger partial charge in [-0.1, -0.05) is 30.7 Å². The van der Waals surface area contributed by atoms with Crippen LogP contribution in [0.5, 0.6) is 0 Å². The van der Waals surface area contributed by atoms with Crippen LogP contribution >= 0.6 is 11.6 Å². The lowest BCUT2D eigenvalue weighted by atomic mass is 10.0. The number of halogens is 1. The van der Waals surface area contributed by atoms with Crippen LogP contribution in [0.4, 0.5) is 0 Å². The number of amides is 1. The predicted octanol–water partition coefficient (Wildman–Crippen LogP) is 3.62. The summed E-state index contributed by atoms with van der Waals surface area (Å²) < 4.78 is 0. The van der Waals surface area contributed by atoms with Crippen molar-refractivity contribution in [3.63, 3.8) is 0 Å². The standard InChI is InChI=1S/C24H39ClN4O/c1-4-13-27-14-11-21(12-15-27)26-22-16-23(24(30)28(5-2)6-3)29(18-22)17-19-7-9-20(25)10-8-19/h7-10,21-23,26H,4-6,11-18H2,1-3H3/t22-,23+/m1/s1. The first kappa shape index (κ1) is 23.5. The van der Waals surface area contributed by atoms with Crippen LogP contribution in [0.1, 0.15) is 52.0 Å². The molecule has 1 N–H and O–H groups in total. The largest absolute Gasteiger partial charge is 0.342 e. The molecular formula is C24H39ClN4O. The molecule has 2 fully saturated rings. The van der Waals surface area contributed by atoms with Crippen LogP contribution in [0.25, 0.3) is 0 Å². The molecule has 0 unspecified atom stereocenters. The maximum absolute atomic E-state index is 13.2. The van der Waals surface area contributed by atoms with Crippen LogP contribution < -0.4 is 5.32 Å². The molecule has 30 heavy (non-hydrogen) atoms. The van der Waals surface area contributed by atoms with Crippen LogP contribution in [-0.4, -0.2) is 78.0 Å². The molecular weight excluding hydrogens is 396 g/mol. The van der Waals surface area contributed by atoms with Gasteiger partial charge in [0, 0.05) is 43.3 Å². The van der Waals surface area contributed by atoms with Gasteiger partial charge in [-0.3, -0.25) is 9.69 Å². The fraction of sp³-hybridized carbons (Fsp3) is 0.708. The Hall–Kier alpha value is -1.14. The van der Waals surface area contributed by atoms with E-state index in [2.05, 4.69) is 48.0 Å². The molecule has 1 aromatic carbocycles. The molecule has 1 amide bonds. The molecule has 5 nitrogen and oxygen atoms in total. The van der Waals surface area contributed by atoms with Crippen molar-refractivity contribution >= 4 is 17.5 Å². The average molecular weight is 435 g/mol. The Morgan fingerprint density at radius 1 is 1.10 bits per heavy atom. The van der Waals surface area contributed by atoms with Gasteiger partial charge >= 0.3 is 0 Å². The highest BCUT2D eigenvalue weighted by Crippen LogP contribution is 2.25. The van der Waals surface area contributed by atoms with E-state index in [1.807, 2.05) is 17.0 Å². The molecule has 168 valence electrons. The summed E-state index contributed by atoms with van der Waals surface area (Å²) in [5.74, 6) is 0.274. The van der Waals surface area contributed by atoms with Gasteiger partial charge in [0.25, 0.3) is 0 Å². The number of likely N-dealkylation sites (N-methyl/N-ethyl adjacent to an activating group) is 1. The van der Waals surface area contributed by atoms with Gasteiger partial charge in [-0.05, 0) is 76.9 Å². The van der Waals surface area contributed by atoms with E-state index >= 15 is 0 Å². The van der Waals surface area contributed by atoms with Crippen LogP contribution in [0.15, 0.2) is 24.3 Å². The van der Waals surface area contributed by atoms with Gasteiger partial charge in [-0.15, -0.1) is 0 Å². The summed E-state index contributed by atoms with van der Waals surface area (Å²) in [4.78, 5) is 20.2. The minimum Gasteiger partial charge on any atom is -0.342 e. The Labute approximate surface area is 187 Å². The number of carbonyl (C=O) groups excluding carboxylic acids is 1. The summed E-state index contributed by atoms with van der Waals surface area (Å²) in [6.45, 7) is 13.2. The number of hydrogen-bond donors (Lipinski definition) is 1. The van der Waals surface area contributed by atoms with Crippen molar-refractivity contribution in [1.29, 1.82) is 0 Å². The van der Waals surface area contributed by atoms with Gasteiger partial charge < -0.3 is 15.1 Å². The van der Waals surface area contributed by atoms with Crippen LogP contribution in [0, 0.1) is 0 Å². The second kappa shape index (κ2) is 11.5. The highest BCUT2D eigenvalue weighted by atomic mass is 35.5. The highest BCUT2D eigenvalue weighted by molar-refractivity contribution is 6.30. The number of rotatable bonds is 9. The van der Waals surface area contributed by atoms with Gasteiger partial charge in [-0.2, -0.15) is 0 Å². The first-order chi connectivity index (χ1) is 14.5. The first-order valence-electron chi connectivity index (χ1n) is 11.8. The molecule has 0 spiro atoms. The molecule has 2 atom stereocenters. The number of hydrogen-bond acceptors (Lipinski definition) is 4. The lowest BCUT2D eigenvalue weighted by Gasteiger charge is -2.33. The van der Waals surface area contributed by atoms with Gasteiger partial charge in [0.05, 0.1) is 6.04 Å². The summed E-state index contributed by atoms with van der Waals surface area (Å²) in [5.41, 5.74) is 1.21. The molecule has 2 aliphatic rings. The fourth-order valence-electron chi connectivity index (χ4n) is 5.00. The van der Waals surface area contributed by atoms with Crippen molar-refractivity contribution in [1.82, 2.24) is 20.0 Å². The molecule has 1 aromatic rings. The van der Waals surface area contributed by atoms with Crippen molar-refractivity contribution in [2.75, 3.05) is 39.3 Å². The molecule has 6 heteroatoms. The van der Waals surface area contributed by atoms with Crippen molar-refractivity contribution in [3.8, 4) is 0 Å². The first-order valence-corrected chi connectivity index (χ1v) is 12.2. The maximum Gasteiger partial charge on any atom is 0.239 e. The number of likely N-dealkylation sites (tertiary alicyclic amines) is 2. The van der Waals surface area contributed by atoms with E-state index in [9.17, 15) is 4.79 Å². The normalized spacial score (nSPS) is 23.7. The van der Waals surface area contributed by atoms with E-state index in [-0.39, 0.29) is 11.9 Å². The number of nitrogens with one attached hydrogen (secondary N) is 1. The molecule has 0 aromatic heterocycles. The summed E-state index contributed by atoms with van der Waals surface area (Å²) in [7, 11) is 0. The van der Waals surface area contributed by atoms with E-state index < -0.39 is 0 Å². The molecule has 2 aliphatic heterocycles. The molecule has 0 saturated carbocycles. The zero-order chi connectivity index (χ0) is 21.5. The minimum absolute atomic E-state index is 0.0433. The highest BCUT2D eigenvalue weighted by Gasteiger charge is 2.39. The van der Waals surface area contributed by atoms with E-state index in [4.69, 9.17) is 11.6 Å². The van der Waals surface area contributed by atoms with Gasteiger partial charge in [0.1, 0.15) is 0 Å². The number of nitrogens with zero attached hydrogens (tertiary/aromatic N) is 3. The zero-order valence-electron chi connectivity index (χ0n) is 18.9. The Kier molecular flexibility index (Phi) is 8.99. The van der Waals surface area contributed by atoms with E-state index in [1.54, 1.807) is 0 Å². The lowest BCUT2D eigenvalue weighted by Crippen LogP contribution is -2.47. The number of benzene rings is 1. The SMILES string of the molecule is CCCN1CCC(N[C@@H]2C[C@@H](C(=O)N(CC)CC)N(Cc3ccc(Cl)cc3)C2)CC1. The molecule has 0 radical (unpaired) electrons. The van der Waals surface area contributed by atoms with Crippen molar-refractivity contribution in [2.24, 2.45) is 0 Å². The van der Waals surface area contributed by atoms with Gasteiger partial charge in [-0.25, -0.2) is 0 Å². The van der Waals surface area contributed by atoms with Crippen molar-refractivity contribution < 1.29 is 4.79 Å². The maximum atomic E-state index is 13.2. The molecule has 2 heterocycles. The Morgan fingerprint density at radius 3 is 2.37 bits per heavy atom. The predicted molar refractivity (Wildman–Crippen MR) is 125 cm³/mol. The third-order valence-corrected chi connectivity index (χ3v) is 6.91. The fourth-order valence-corrected chi connectivity index (χ4v) is 5.13. The van der Waals surface area contributed by atoms with Crippen LogP contribution in [0.2, 0.25) is 5.02 Å². The van der Waals surface area contributed by atoms with Gasteiger partial charge in [0.15, 0.2) is 0 Å². The Bertz CT molecular complexity index is 656. The summed E-state index contributed by atoms with van der Waals surface area (Å²) in [6.07, 6.45) is 4.55. The summed E-state index contributed by atoms with van der Waals surface area (Å²) in [6, 6.07) is 8.93. The van der Waals surface area contributed by atoms with E-state index in [0.29, 0.717) is 12.1 Å². The molecule has 3 rings (SSSR count). The van der Waals surface area contributed by atoms with Crippen LogP contribution in [-0.2, 0) is 11.3 Å². The Morgan fingerprint density at radius 2 is 1.77 bits per heavy atom. The van der Waals surface area contributed by atoms with Crippen molar-refractivity contribution in [2.45, 2.75) is 71.1 Å². The monoisotopic (exact) mass is 434 g/mol. The molecule has 0 aliphatic carbocycles. The third-order valence-electron chi connectivity index (χ3n) is 6.66. The van der Waals surface area contributed by atoms with E-state index in [0.717, 1.165) is 37.6 Å². The topological polar surface area (TPSA) is 38.8 Å². The zero-order valence-corrected chi connectivity index (χ0v) is 19.7. The Balaban J connectivity index is 1.63. The summed E-state index contributed by atoms with van der Waals surface area (Å²) >= 11 is 6.06. The van der Waals surface area contributed by atoms with Crippen LogP contribution in [0.3, 0.4) is 0 Å². The van der Waals surface area contributed by atoms with Gasteiger partial charge in [0.2, 0.25) is 5.91 Å². The third kappa shape index (κ3) is 6.19. The average Bonchev–Trinajstić information content (AvgIpc) is 3.14.